The summed E-state index contributed by atoms with van der Waals surface area (Å²) < 4.78 is 0. The summed E-state index contributed by atoms with van der Waals surface area (Å²) in [5.41, 5.74) is 3.92. The lowest BCUT2D eigenvalue weighted by Gasteiger charge is -2.36. The van der Waals surface area contributed by atoms with E-state index >= 15 is 0 Å². The number of allylic oxidation sites excluding steroid dienone is 4. The van der Waals surface area contributed by atoms with Gasteiger partial charge in [-0.3, -0.25) is 0 Å². The van der Waals surface area contributed by atoms with E-state index in [-0.39, 0.29) is 0 Å². The lowest BCUT2D eigenvalue weighted by molar-refractivity contribution is 0.210. The van der Waals surface area contributed by atoms with Crippen LogP contribution in [-0.4, -0.2) is 0 Å². The van der Waals surface area contributed by atoms with Gasteiger partial charge < -0.3 is 0 Å². The first kappa shape index (κ1) is 14.4. The molecule has 112 valence electrons. The van der Waals surface area contributed by atoms with Crippen LogP contribution >= 0.6 is 0 Å². The van der Waals surface area contributed by atoms with Crippen LogP contribution in [0.15, 0.2) is 23.3 Å². The number of rotatable bonds is 1. The molecule has 0 spiro atoms. The van der Waals surface area contributed by atoms with Gasteiger partial charge in [0.05, 0.1) is 0 Å². The summed E-state index contributed by atoms with van der Waals surface area (Å²) in [4.78, 5) is 0. The monoisotopic (exact) mass is 272 g/mol. The second-order valence-corrected chi connectivity index (χ2v) is 8.42. The van der Waals surface area contributed by atoms with Gasteiger partial charge >= 0.3 is 0 Å². The summed E-state index contributed by atoms with van der Waals surface area (Å²) in [5, 5.41) is 0. The Hall–Kier alpha value is -0.520. The number of hydrogen-bond donors (Lipinski definition) is 0. The molecule has 2 fully saturated rings. The third-order valence-corrected chi connectivity index (χ3v) is 6.84. The average Bonchev–Trinajstić information content (AvgIpc) is 2.88. The molecule has 0 heteroatoms. The smallest absolute Gasteiger partial charge is 0.000723 e. The number of fused-ring (bicyclic) bond motifs is 2. The van der Waals surface area contributed by atoms with Crippen LogP contribution in [0.3, 0.4) is 0 Å². The molecule has 0 aromatic heterocycles. The van der Waals surface area contributed by atoms with Crippen molar-refractivity contribution in [3.8, 4) is 0 Å². The van der Waals surface area contributed by atoms with Crippen molar-refractivity contribution < 1.29 is 0 Å². The Bertz CT molecular complexity index is 439. The SMILES string of the molecule is C/C1=C/CC2C(C(C)C)CCC2(C)/C=C2/C(C)CCC12. The van der Waals surface area contributed by atoms with Gasteiger partial charge in [-0.15, -0.1) is 0 Å². The zero-order chi connectivity index (χ0) is 14.5. The van der Waals surface area contributed by atoms with Gasteiger partial charge in [0.2, 0.25) is 0 Å². The van der Waals surface area contributed by atoms with Crippen molar-refractivity contribution in [2.75, 3.05) is 0 Å². The lowest BCUT2D eigenvalue weighted by Crippen LogP contribution is -2.28. The Morgan fingerprint density at radius 3 is 2.65 bits per heavy atom. The Balaban J connectivity index is 2.00. The maximum Gasteiger partial charge on any atom is 0.000723 e. The van der Waals surface area contributed by atoms with Crippen LogP contribution in [0, 0.1) is 35.0 Å². The molecule has 0 aromatic carbocycles. The molecule has 5 atom stereocenters. The zero-order valence-electron chi connectivity index (χ0n) is 14.1. The molecule has 0 N–H and O–H groups in total. The molecule has 0 bridgehead atoms. The van der Waals surface area contributed by atoms with Gasteiger partial charge in [0.15, 0.2) is 0 Å². The molecular formula is C20H32. The van der Waals surface area contributed by atoms with Gasteiger partial charge in [-0.05, 0) is 68.1 Å². The normalized spacial score (nSPS) is 49.7. The van der Waals surface area contributed by atoms with Gasteiger partial charge in [0.25, 0.3) is 0 Å². The minimum Gasteiger partial charge on any atom is -0.0847 e. The highest BCUT2D eigenvalue weighted by Crippen LogP contribution is 2.56. The van der Waals surface area contributed by atoms with Crippen molar-refractivity contribution >= 4 is 0 Å². The first-order valence-electron chi connectivity index (χ1n) is 8.81. The van der Waals surface area contributed by atoms with E-state index in [1.807, 2.05) is 0 Å². The zero-order valence-corrected chi connectivity index (χ0v) is 14.1. The number of hydrogen-bond acceptors (Lipinski definition) is 0. The van der Waals surface area contributed by atoms with E-state index in [1.165, 1.54) is 32.1 Å². The Labute approximate surface area is 125 Å². The van der Waals surface area contributed by atoms with Crippen LogP contribution in [0.25, 0.3) is 0 Å². The minimum atomic E-state index is 0.471. The fourth-order valence-electron chi connectivity index (χ4n) is 5.44. The molecule has 5 unspecified atom stereocenters. The molecule has 0 heterocycles. The maximum atomic E-state index is 2.76. The summed E-state index contributed by atoms with van der Waals surface area (Å²) in [7, 11) is 0. The second kappa shape index (κ2) is 5.04. The lowest BCUT2D eigenvalue weighted by atomic mass is 9.68. The molecule has 3 aliphatic carbocycles. The van der Waals surface area contributed by atoms with Gasteiger partial charge in [0, 0.05) is 5.92 Å². The van der Waals surface area contributed by atoms with Crippen molar-refractivity contribution in [1.82, 2.24) is 0 Å². The van der Waals surface area contributed by atoms with Crippen LogP contribution in [0.5, 0.6) is 0 Å². The fourth-order valence-corrected chi connectivity index (χ4v) is 5.44. The first-order chi connectivity index (χ1) is 9.42. The molecule has 0 aliphatic heterocycles. The van der Waals surface area contributed by atoms with Crippen molar-refractivity contribution in [2.45, 2.75) is 66.7 Å². The standard InChI is InChI=1S/C20H32/c1-13(2)16-10-11-20(5)12-18-15(4)6-8-17(18)14(3)7-9-19(16)20/h7,12-13,15-17,19H,6,8-11H2,1-5H3/b14-7-,18-12-. The summed E-state index contributed by atoms with van der Waals surface area (Å²) in [6.07, 6.45) is 12.3. The molecule has 0 aromatic rings. The summed E-state index contributed by atoms with van der Waals surface area (Å²) >= 11 is 0. The second-order valence-electron chi connectivity index (χ2n) is 8.42. The predicted octanol–water partition coefficient (Wildman–Crippen LogP) is 6.00. The molecule has 3 rings (SSSR count). The molecule has 2 saturated carbocycles. The largest absolute Gasteiger partial charge is 0.0847 e. The van der Waals surface area contributed by atoms with Gasteiger partial charge in [0.1, 0.15) is 0 Å². The molecule has 0 amide bonds. The van der Waals surface area contributed by atoms with Crippen LogP contribution in [0.1, 0.15) is 66.7 Å². The van der Waals surface area contributed by atoms with Crippen LogP contribution in [-0.2, 0) is 0 Å². The van der Waals surface area contributed by atoms with E-state index in [4.69, 9.17) is 0 Å². The highest BCUT2D eigenvalue weighted by Gasteiger charge is 2.46. The Morgan fingerprint density at radius 1 is 1.20 bits per heavy atom. The van der Waals surface area contributed by atoms with E-state index in [0.29, 0.717) is 5.41 Å². The topological polar surface area (TPSA) is 0 Å². The fraction of sp³-hybridized carbons (Fsp3) is 0.800. The van der Waals surface area contributed by atoms with Crippen LogP contribution in [0.2, 0.25) is 0 Å². The maximum absolute atomic E-state index is 2.76. The molecular weight excluding hydrogens is 240 g/mol. The summed E-state index contributed by atoms with van der Waals surface area (Å²) in [5.74, 6) is 4.23. The van der Waals surface area contributed by atoms with E-state index < -0.39 is 0 Å². The molecule has 3 aliphatic rings. The molecule has 0 saturated heterocycles. The highest BCUT2D eigenvalue weighted by molar-refractivity contribution is 5.30. The van der Waals surface area contributed by atoms with E-state index in [0.717, 1.165) is 29.6 Å². The minimum absolute atomic E-state index is 0.471. The van der Waals surface area contributed by atoms with E-state index in [2.05, 4.69) is 46.8 Å². The average molecular weight is 272 g/mol. The van der Waals surface area contributed by atoms with E-state index in [9.17, 15) is 0 Å². The third-order valence-electron chi connectivity index (χ3n) is 6.84. The van der Waals surface area contributed by atoms with Crippen molar-refractivity contribution in [1.29, 1.82) is 0 Å². The molecule has 0 radical (unpaired) electrons. The van der Waals surface area contributed by atoms with Crippen LogP contribution in [0.4, 0.5) is 0 Å². The van der Waals surface area contributed by atoms with Crippen LogP contribution < -0.4 is 0 Å². The Morgan fingerprint density at radius 2 is 1.95 bits per heavy atom. The van der Waals surface area contributed by atoms with Crippen molar-refractivity contribution in [3.63, 3.8) is 0 Å². The third kappa shape index (κ3) is 2.20. The van der Waals surface area contributed by atoms with Gasteiger partial charge in [-0.1, -0.05) is 51.0 Å². The highest BCUT2D eigenvalue weighted by atomic mass is 14.5. The van der Waals surface area contributed by atoms with E-state index in [1.54, 1.807) is 11.1 Å². The van der Waals surface area contributed by atoms with Crippen molar-refractivity contribution in [2.24, 2.45) is 35.0 Å². The predicted molar refractivity (Wildman–Crippen MR) is 87.5 cm³/mol. The molecule has 0 nitrogen and oxygen atoms in total. The van der Waals surface area contributed by atoms with Crippen molar-refractivity contribution in [3.05, 3.63) is 23.3 Å². The summed E-state index contributed by atoms with van der Waals surface area (Å²) in [6.45, 7) is 12.3. The quantitative estimate of drug-likeness (QED) is 0.514. The van der Waals surface area contributed by atoms with Gasteiger partial charge in [-0.2, -0.15) is 0 Å². The first-order valence-corrected chi connectivity index (χ1v) is 8.81. The summed E-state index contributed by atoms with van der Waals surface area (Å²) in [6, 6.07) is 0. The molecule has 20 heavy (non-hydrogen) atoms. The van der Waals surface area contributed by atoms with Gasteiger partial charge in [-0.25, -0.2) is 0 Å². The Kier molecular flexibility index (Phi) is 3.63.